The molecule has 1 heterocycles. The van der Waals surface area contributed by atoms with Crippen LogP contribution in [0.5, 0.6) is 5.75 Å². The van der Waals surface area contributed by atoms with Gasteiger partial charge in [0.15, 0.2) is 4.90 Å². The number of fused-ring (bicyclic) bond motifs is 1. The van der Waals surface area contributed by atoms with Gasteiger partial charge in [-0.15, -0.1) is 0 Å². The van der Waals surface area contributed by atoms with Gasteiger partial charge in [0.05, 0.1) is 17.0 Å². The molecule has 0 aliphatic carbocycles. The molecule has 0 aliphatic heterocycles. The first-order valence-corrected chi connectivity index (χ1v) is 9.62. The summed E-state index contributed by atoms with van der Waals surface area (Å²) in [6, 6.07) is 14.4. The Labute approximate surface area is 161 Å². The van der Waals surface area contributed by atoms with Crippen molar-refractivity contribution in [3.05, 3.63) is 70.9 Å². The van der Waals surface area contributed by atoms with Crippen LogP contribution in [0.15, 0.2) is 65.7 Å². The smallest absolute Gasteiger partial charge is 0.289 e. The SMILES string of the molecule is O=[N+]([O-])c1ccccc1S(=O)(=O)NCC#CCOc1ccc2cccnc2c1. The first-order valence-electron chi connectivity index (χ1n) is 8.14. The lowest BCUT2D eigenvalue weighted by Gasteiger charge is -2.04. The standard InChI is InChI=1S/C19H15N3O5S/c23-22(24)18-7-1-2-8-19(18)28(25,26)21-12-3-4-13-27-16-10-9-15-6-5-11-20-17(15)14-16/h1-2,5-11,14,21H,12-13H2. The average molecular weight is 397 g/mol. The normalized spacial score (nSPS) is 10.9. The number of nitrogens with one attached hydrogen (secondary N) is 1. The molecule has 0 bridgehead atoms. The van der Waals surface area contributed by atoms with Gasteiger partial charge in [0.2, 0.25) is 10.0 Å². The predicted octanol–water partition coefficient (Wildman–Crippen LogP) is 2.50. The zero-order chi connectivity index (χ0) is 20.0. The van der Waals surface area contributed by atoms with E-state index in [1.807, 2.05) is 18.2 Å². The number of rotatable bonds is 6. The lowest BCUT2D eigenvalue weighted by molar-refractivity contribution is -0.387. The third-order valence-corrected chi connectivity index (χ3v) is 5.16. The van der Waals surface area contributed by atoms with E-state index >= 15 is 0 Å². The second kappa shape index (κ2) is 8.47. The molecule has 0 spiro atoms. The monoisotopic (exact) mass is 397 g/mol. The zero-order valence-corrected chi connectivity index (χ0v) is 15.3. The Morgan fingerprint density at radius 2 is 1.93 bits per heavy atom. The van der Waals surface area contributed by atoms with Crippen molar-refractivity contribution >= 4 is 26.6 Å². The molecular weight excluding hydrogens is 382 g/mol. The van der Waals surface area contributed by atoms with E-state index in [0.717, 1.165) is 17.0 Å². The number of nitro benzene ring substituents is 1. The van der Waals surface area contributed by atoms with E-state index in [-0.39, 0.29) is 13.2 Å². The Kier molecular flexibility index (Phi) is 5.84. The minimum absolute atomic E-state index is 0.0611. The van der Waals surface area contributed by atoms with Crippen LogP contribution in [0.3, 0.4) is 0 Å². The lowest BCUT2D eigenvalue weighted by atomic mass is 10.2. The van der Waals surface area contributed by atoms with E-state index < -0.39 is 25.5 Å². The first kappa shape index (κ1) is 19.3. The van der Waals surface area contributed by atoms with E-state index in [1.165, 1.54) is 18.2 Å². The number of pyridine rings is 1. The average Bonchev–Trinajstić information content (AvgIpc) is 2.70. The summed E-state index contributed by atoms with van der Waals surface area (Å²) < 4.78 is 32.2. The molecule has 3 rings (SSSR count). The second-order valence-corrected chi connectivity index (χ2v) is 7.28. The van der Waals surface area contributed by atoms with Crippen LogP contribution in [0, 0.1) is 22.0 Å². The van der Waals surface area contributed by atoms with Gasteiger partial charge in [-0.25, -0.2) is 8.42 Å². The molecule has 8 nitrogen and oxygen atoms in total. The third kappa shape index (κ3) is 4.62. The van der Waals surface area contributed by atoms with Gasteiger partial charge in [0.1, 0.15) is 12.4 Å². The molecule has 0 unspecified atom stereocenters. The van der Waals surface area contributed by atoms with Crippen molar-refractivity contribution in [3.63, 3.8) is 0 Å². The molecule has 0 fully saturated rings. The third-order valence-electron chi connectivity index (χ3n) is 3.72. The first-order chi connectivity index (χ1) is 13.5. The number of aromatic nitrogens is 1. The highest BCUT2D eigenvalue weighted by Gasteiger charge is 2.24. The number of hydrogen-bond donors (Lipinski definition) is 1. The minimum atomic E-state index is -4.04. The van der Waals surface area contributed by atoms with E-state index in [4.69, 9.17) is 4.74 Å². The molecule has 0 atom stereocenters. The van der Waals surface area contributed by atoms with Crippen LogP contribution < -0.4 is 9.46 Å². The molecular formula is C19H15N3O5S. The molecule has 0 aliphatic rings. The summed E-state index contributed by atoms with van der Waals surface area (Å²) in [6.07, 6.45) is 1.69. The highest BCUT2D eigenvalue weighted by molar-refractivity contribution is 7.89. The maximum Gasteiger partial charge on any atom is 0.289 e. The topological polar surface area (TPSA) is 111 Å². The van der Waals surface area contributed by atoms with Crippen LogP contribution in [0.4, 0.5) is 5.69 Å². The van der Waals surface area contributed by atoms with Gasteiger partial charge in [-0.05, 0) is 24.3 Å². The summed E-state index contributed by atoms with van der Waals surface area (Å²) >= 11 is 0. The van der Waals surface area contributed by atoms with E-state index in [2.05, 4.69) is 21.5 Å². The Hall–Kier alpha value is -3.48. The molecule has 28 heavy (non-hydrogen) atoms. The quantitative estimate of drug-likeness (QED) is 0.389. The van der Waals surface area contributed by atoms with Crippen molar-refractivity contribution in [1.82, 2.24) is 9.71 Å². The number of sulfonamides is 1. The fraction of sp³-hybridized carbons (Fsp3) is 0.105. The molecule has 9 heteroatoms. The van der Waals surface area contributed by atoms with Crippen LogP contribution in [-0.2, 0) is 10.0 Å². The maximum atomic E-state index is 12.2. The molecule has 1 aromatic heterocycles. The maximum absolute atomic E-state index is 12.2. The number of hydrogen-bond acceptors (Lipinski definition) is 6. The summed E-state index contributed by atoms with van der Waals surface area (Å²) in [6.45, 7) is -0.136. The van der Waals surface area contributed by atoms with Gasteiger partial charge in [-0.3, -0.25) is 15.1 Å². The molecule has 1 N–H and O–H groups in total. The number of para-hydroxylation sites is 1. The molecule has 0 radical (unpaired) electrons. The summed E-state index contributed by atoms with van der Waals surface area (Å²) in [7, 11) is -4.04. The lowest BCUT2D eigenvalue weighted by Crippen LogP contribution is -2.24. The van der Waals surface area contributed by atoms with Crippen molar-refractivity contribution < 1.29 is 18.1 Å². The van der Waals surface area contributed by atoms with Crippen LogP contribution in [0.25, 0.3) is 10.9 Å². The Bertz CT molecular complexity index is 1180. The van der Waals surface area contributed by atoms with E-state index in [0.29, 0.717) is 5.75 Å². The summed E-state index contributed by atoms with van der Waals surface area (Å²) in [4.78, 5) is 14.1. The molecule has 2 aromatic carbocycles. The fourth-order valence-electron chi connectivity index (χ4n) is 2.41. The second-order valence-electron chi connectivity index (χ2n) is 5.55. The van der Waals surface area contributed by atoms with Crippen LogP contribution in [-0.4, -0.2) is 31.5 Å². The molecule has 142 valence electrons. The van der Waals surface area contributed by atoms with Crippen LogP contribution in [0.2, 0.25) is 0 Å². The number of benzene rings is 2. The largest absolute Gasteiger partial charge is 0.481 e. The molecule has 0 saturated carbocycles. The summed E-state index contributed by atoms with van der Waals surface area (Å²) in [5, 5.41) is 12.0. The van der Waals surface area contributed by atoms with Gasteiger partial charge in [-0.1, -0.05) is 30.0 Å². The minimum Gasteiger partial charge on any atom is -0.481 e. The van der Waals surface area contributed by atoms with Crippen molar-refractivity contribution in [1.29, 1.82) is 0 Å². The van der Waals surface area contributed by atoms with Crippen LogP contribution >= 0.6 is 0 Å². The van der Waals surface area contributed by atoms with Gasteiger partial charge in [0.25, 0.3) is 5.69 Å². The fourth-order valence-corrected chi connectivity index (χ4v) is 3.51. The number of nitro groups is 1. The Morgan fingerprint density at radius 3 is 2.75 bits per heavy atom. The predicted molar refractivity (Wildman–Crippen MR) is 103 cm³/mol. The molecule has 0 amide bonds. The summed E-state index contributed by atoms with van der Waals surface area (Å²) in [5.41, 5.74) is 0.307. The Balaban J connectivity index is 1.57. The Morgan fingerprint density at radius 1 is 1.11 bits per heavy atom. The van der Waals surface area contributed by atoms with Crippen molar-refractivity contribution in [3.8, 4) is 17.6 Å². The molecule has 0 saturated heterocycles. The van der Waals surface area contributed by atoms with Crippen LogP contribution in [0.1, 0.15) is 0 Å². The number of ether oxygens (including phenoxy) is 1. The van der Waals surface area contributed by atoms with E-state index in [1.54, 1.807) is 18.3 Å². The van der Waals surface area contributed by atoms with Crippen molar-refractivity contribution in [2.45, 2.75) is 4.90 Å². The molecule has 3 aromatic rings. The van der Waals surface area contributed by atoms with Crippen molar-refractivity contribution in [2.24, 2.45) is 0 Å². The van der Waals surface area contributed by atoms with E-state index in [9.17, 15) is 18.5 Å². The highest BCUT2D eigenvalue weighted by atomic mass is 32.2. The van der Waals surface area contributed by atoms with Gasteiger partial charge in [0, 0.05) is 23.7 Å². The van der Waals surface area contributed by atoms with Gasteiger partial charge >= 0.3 is 0 Å². The van der Waals surface area contributed by atoms with Gasteiger partial charge in [-0.2, -0.15) is 4.72 Å². The summed E-state index contributed by atoms with van der Waals surface area (Å²) in [5.74, 6) is 5.90. The van der Waals surface area contributed by atoms with Gasteiger partial charge < -0.3 is 4.74 Å². The highest BCUT2D eigenvalue weighted by Crippen LogP contribution is 2.22. The number of nitrogens with zero attached hydrogens (tertiary/aromatic N) is 2. The zero-order valence-electron chi connectivity index (χ0n) is 14.5. The van der Waals surface area contributed by atoms with Crippen molar-refractivity contribution in [2.75, 3.05) is 13.2 Å².